The summed E-state index contributed by atoms with van der Waals surface area (Å²) in [7, 11) is 2.23. The molecule has 2 N–H and O–H groups in total. The Balaban J connectivity index is 1.79. The fourth-order valence-electron chi connectivity index (χ4n) is 3.60. The van der Waals surface area contributed by atoms with E-state index in [0.29, 0.717) is 6.04 Å². The summed E-state index contributed by atoms with van der Waals surface area (Å²) in [6, 6.07) is 11.4. The molecule has 1 saturated heterocycles. The third-order valence-electron chi connectivity index (χ3n) is 5.16. The molecule has 1 atom stereocenters. The first kappa shape index (κ1) is 23.0. The number of hydrogen-bond donors (Lipinski definition) is 2. The van der Waals surface area contributed by atoms with E-state index in [0.717, 1.165) is 58.2 Å². The largest absolute Gasteiger partial charge is 0.357 e. The van der Waals surface area contributed by atoms with Crippen LogP contribution in [0.25, 0.3) is 0 Å². The molecule has 0 aliphatic carbocycles. The third-order valence-corrected chi connectivity index (χ3v) is 5.86. The van der Waals surface area contributed by atoms with Crippen molar-refractivity contribution in [1.82, 2.24) is 20.4 Å². The van der Waals surface area contributed by atoms with Crippen LogP contribution in [-0.2, 0) is 0 Å². The smallest absolute Gasteiger partial charge is 0.191 e. The number of unbranched alkanes of at least 4 members (excludes halogenated alkanes) is 1. The monoisotopic (exact) mass is 405 g/mol. The number of aliphatic imine (C=N–C) groups is 1. The lowest BCUT2D eigenvalue weighted by Crippen LogP contribution is -2.47. The highest BCUT2D eigenvalue weighted by atomic mass is 32.2. The van der Waals surface area contributed by atoms with Gasteiger partial charge in [0.1, 0.15) is 0 Å². The van der Waals surface area contributed by atoms with Crippen LogP contribution < -0.4 is 10.6 Å². The van der Waals surface area contributed by atoms with Gasteiger partial charge >= 0.3 is 0 Å². The average Bonchev–Trinajstić information content (AvgIpc) is 2.72. The van der Waals surface area contributed by atoms with Gasteiger partial charge in [-0.3, -0.25) is 9.89 Å². The molecule has 1 fully saturated rings. The lowest BCUT2D eigenvalue weighted by Gasteiger charge is -2.40. The molecule has 0 saturated carbocycles. The van der Waals surface area contributed by atoms with Gasteiger partial charge in [0.15, 0.2) is 5.96 Å². The van der Waals surface area contributed by atoms with Gasteiger partial charge < -0.3 is 15.5 Å². The maximum Gasteiger partial charge on any atom is 0.191 e. The Morgan fingerprint density at radius 3 is 2.71 bits per heavy atom. The summed E-state index contributed by atoms with van der Waals surface area (Å²) in [6.07, 6.45) is 5.72. The molecular weight excluding hydrogens is 366 g/mol. The second-order valence-corrected chi connectivity index (χ2v) is 8.45. The average molecular weight is 406 g/mol. The van der Waals surface area contributed by atoms with Crippen LogP contribution in [0.1, 0.15) is 37.8 Å². The minimum absolute atomic E-state index is 0.492. The van der Waals surface area contributed by atoms with E-state index in [4.69, 9.17) is 4.99 Å². The molecular formula is C22H39N5S. The molecule has 5 nitrogen and oxygen atoms in total. The first-order valence-corrected chi connectivity index (χ1v) is 12.1. The molecule has 0 spiro atoms. The SMILES string of the molecule is CCNC(=NCCCN1CCN(C)CC1c1ccccc1)NCCCCSC. The van der Waals surface area contributed by atoms with Gasteiger partial charge in [-0.1, -0.05) is 30.3 Å². The number of guanidine groups is 1. The van der Waals surface area contributed by atoms with E-state index < -0.39 is 0 Å². The molecule has 2 rings (SSSR count). The van der Waals surface area contributed by atoms with Crippen LogP contribution in [0.2, 0.25) is 0 Å². The number of piperazine rings is 1. The molecule has 1 heterocycles. The first-order valence-electron chi connectivity index (χ1n) is 10.7. The lowest BCUT2D eigenvalue weighted by atomic mass is 10.0. The van der Waals surface area contributed by atoms with E-state index in [9.17, 15) is 0 Å². The zero-order chi connectivity index (χ0) is 20.0. The van der Waals surface area contributed by atoms with E-state index in [1.807, 2.05) is 11.8 Å². The zero-order valence-corrected chi connectivity index (χ0v) is 18.8. The van der Waals surface area contributed by atoms with Gasteiger partial charge in [-0.15, -0.1) is 0 Å². The minimum Gasteiger partial charge on any atom is -0.357 e. The van der Waals surface area contributed by atoms with Gasteiger partial charge in [0.05, 0.1) is 0 Å². The Hall–Kier alpha value is -1.24. The van der Waals surface area contributed by atoms with E-state index in [2.05, 4.69) is 71.0 Å². The number of likely N-dealkylation sites (N-methyl/N-ethyl adjacent to an activating group) is 1. The van der Waals surface area contributed by atoms with Crippen molar-refractivity contribution in [2.24, 2.45) is 4.99 Å². The topological polar surface area (TPSA) is 42.9 Å². The molecule has 158 valence electrons. The molecule has 1 aromatic carbocycles. The standard InChI is InChI=1S/C22H39N5S/c1-4-23-22(24-13-8-9-18-28-3)25-14-10-15-27-17-16-26(2)19-21(27)20-11-6-5-7-12-20/h5-7,11-12,21H,4,8-10,13-19H2,1-3H3,(H2,23,24,25). The summed E-state index contributed by atoms with van der Waals surface area (Å²) in [6.45, 7) is 9.39. The van der Waals surface area contributed by atoms with Crippen LogP contribution in [0.3, 0.4) is 0 Å². The molecule has 0 amide bonds. The van der Waals surface area contributed by atoms with Crippen LogP contribution in [0.5, 0.6) is 0 Å². The van der Waals surface area contributed by atoms with Gasteiger partial charge in [-0.25, -0.2) is 0 Å². The van der Waals surface area contributed by atoms with Crippen LogP contribution in [0.15, 0.2) is 35.3 Å². The number of hydrogen-bond acceptors (Lipinski definition) is 4. The van der Waals surface area contributed by atoms with Crippen molar-refractivity contribution in [2.75, 3.05) is 64.9 Å². The van der Waals surface area contributed by atoms with Crippen LogP contribution in [0.4, 0.5) is 0 Å². The van der Waals surface area contributed by atoms with Crippen molar-refractivity contribution >= 4 is 17.7 Å². The van der Waals surface area contributed by atoms with Gasteiger partial charge in [0, 0.05) is 51.9 Å². The summed E-state index contributed by atoms with van der Waals surface area (Å²) < 4.78 is 0. The van der Waals surface area contributed by atoms with Gasteiger partial charge in [0.2, 0.25) is 0 Å². The summed E-state index contributed by atoms with van der Waals surface area (Å²) in [5, 5.41) is 6.83. The highest BCUT2D eigenvalue weighted by molar-refractivity contribution is 7.98. The van der Waals surface area contributed by atoms with Gasteiger partial charge in [0.25, 0.3) is 0 Å². The minimum atomic E-state index is 0.492. The highest BCUT2D eigenvalue weighted by Gasteiger charge is 2.25. The fourth-order valence-corrected chi connectivity index (χ4v) is 4.09. The van der Waals surface area contributed by atoms with Crippen molar-refractivity contribution in [2.45, 2.75) is 32.2 Å². The van der Waals surface area contributed by atoms with Crippen LogP contribution >= 0.6 is 11.8 Å². The highest BCUT2D eigenvalue weighted by Crippen LogP contribution is 2.24. The first-order chi connectivity index (χ1) is 13.7. The van der Waals surface area contributed by atoms with E-state index in [-0.39, 0.29) is 0 Å². The molecule has 0 aromatic heterocycles. The van der Waals surface area contributed by atoms with Crippen molar-refractivity contribution < 1.29 is 0 Å². The Morgan fingerprint density at radius 2 is 1.96 bits per heavy atom. The van der Waals surface area contributed by atoms with Gasteiger partial charge in [-0.05, 0) is 50.8 Å². The van der Waals surface area contributed by atoms with Crippen molar-refractivity contribution in [3.05, 3.63) is 35.9 Å². The molecule has 1 aliphatic heterocycles. The lowest BCUT2D eigenvalue weighted by molar-refractivity contribution is 0.0894. The predicted molar refractivity (Wildman–Crippen MR) is 124 cm³/mol. The van der Waals surface area contributed by atoms with Gasteiger partial charge in [-0.2, -0.15) is 11.8 Å². The molecule has 28 heavy (non-hydrogen) atoms. The van der Waals surface area contributed by atoms with E-state index in [1.165, 1.54) is 24.2 Å². The molecule has 1 unspecified atom stereocenters. The van der Waals surface area contributed by atoms with Crippen molar-refractivity contribution in [3.8, 4) is 0 Å². The second-order valence-electron chi connectivity index (χ2n) is 7.47. The zero-order valence-electron chi connectivity index (χ0n) is 18.0. The summed E-state index contributed by atoms with van der Waals surface area (Å²) in [4.78, 5) is 9.85. The predicted octanol–water partition coefficient (Wildman–Crippen LogP) is 3.06. The fraction of sp³-hybridized carbons (Fsp3) is 0.682. The summed E-state index contributed by atoms with van der Waals surface area (Å²) in [5.41, 5.74) is 1.43. The third kappa shape index (κ3) is 8.41. The van der Waals surface area contributed by atoms with E-state index >= 15 is 0 Å². The maximum atomic E-state index is 4.78. The molecule has 1 aromatic rings. The normalized spacial score (nSPS) is 19.0. The Labute approximate surface area is 176 Å². The summed E-state index contributed by atoms with van der Waals surface area (Å²) >= 11 is 1.92. The van der Waals surface area contributed by atoms with Crippen molar-refractivity contribution in [1.29, 1.82) is 0 Å². The quantitative estimate of drug-likeness (QED) is 0.336. The number of thioether (sulfide) groups is 1. The number of nitrogens with zero attached hydrogens (tertiary/aromatic N) is 3. The maximum absolute atomic E-state index is 4.78. The Kier molecular flexibility index (Phi) is 11.4. The molecule has 0 radical (unpaired) electrons. The molecule has 0 bridgehead atoms. The summed E-state index contributed by atoms with van der Waals surface area (Å²) in [5.74, 6) is 2.20. The van der Waals surface area contributed by atoms with Crippen molar-refractivity contribution in [3.63, 3.8) is 0 Å². The van der Waals surface area contributed by atoms with Crippen LogP contribution in [-0.4, -0.2) is 80.6 Å². The Bertz CT molecular complexity index is 551. The molecule has 1 aliphatic rings. The van der Waals surface area contributed by atoms with Crippen LogP contribution in [0, 0.1) is 0 Å². The Morgan fingerprint density at radius 1 is 1.14 bits per heavy atom. The van der Waals surface area contributed by atoms with E-state index in [1.54, 1.807) is 0 Å². The number of benzene rings is 1. The number of rotatable bonds is 11. The second kappa shape index (κ2) is 13.9. The molecule has 6 heteroatoms. The number of nitrogens with one attached hydrogen (secondary N) is 2.